The van der Waals surface area contributed by atoms with E-state index in [1.807, 2.05) is 6.92 Å². The van der Waals surface area contributed by atoms with Gasteiger partial charge in [0.2, 0.25) is 0 Å². The van der Waals surface area contributed by atoms with Crippen LogP contribution in [-0.4, -0.2) is 32.4 Å². The van der Waals surface area contributed by atoms with Gasteiger partial charge in [0.15, 0.2) is 4.96 Å². The molecule has 0 radical (unpaired) electrons. The van der Waals surface area contributed by atoms with E-state index in [0.717, 1.165) is 0 Å². The number of aliphatic carboxylic acids is 1. The quantitative estimate of drug-likeness (QED) is 0.863. The Morgan fingerprint density at radius 1 is 1.50 bits per heavy atom. The fraction of sp³-hybridized carbons (Fsp3) is 0.429. The summed E-state index contributed by atoms with van der Waals surface area (Å²) in [4.78, 5) is 40.5. The first-order valence-electron chi connectivity index (χ1n) is 6.86. The number of carbonyl (C=O) groups is 2. The van der Waals surface area contributed by atoms with Crippen molar-refractivity contribution in [3.63, 3.8) is 0 Å². The third-order valence-electron chi connectivity index (χ3n) is 3.63. The van der Waals surface area contributed by atoms with E-state index in [9.17, 15) is 19.5 Å². The molecular formula is C14H17N3O4S. The van der Waals surface area contributed by atoms with Crippen molar-refractivity contribution in [1.29, 1.82) is 0 Å². The zero-order valence-electron chi connectivity index (χ0n) is 12.5. The smallest absolute Gasteiger partial charge is 0.326 e. The minimum atomic E-state index is -1.12. The van der Waals surface area contributed by atoms with Gasteiger partial charge in [-0.15, -0.1) is 11.3 Å². The number of hydrogen-bond acceptors (Lipinski definition) is 5. The van der Waals surface area contributed by atoms with Gasteiger partial charge in [-0.1, -0.05) is 20.3 Å². The first kappa shape index (κ1) is 16.2. The minimum absolute atomic E-state index is 0.159. The van der Waals surface area contributed by atoms with Gasteiger partial charge in [0, 0.05) is 17.3 Å². The monoisotopic (exact) mass is 323 g/mol. The van der Waals surface area contributed by atoms with Crippen LogP contribution in [0.2, 0.25) is 0 Å². The lowest BCUT2D eigenvalue weighted by molar-refractivity contribution is -0.140. The van der Waals surface area contributed by atoms with Crippen molar-refractivity contribution in [3.05, 3.63) is 33.2 Å². The number of amides is 1. The molecule has 118 valence electrons. The van der Waals surface area contributed by atoms with Crippen LogP contribution >= 0.6 is 11.3 Å². The molecule has 1 amide bonds. The molecule has 2 heterocycles. The molecule has 2 N–H and O–H groups in total. The summed E-state index contributed by atoms with van der Waals surface area (Å²) in [6.45, 7) is 5.31. The second kappa shape index (κ2) is 6.27. The van der Waals surface area contributed by atoms with Crippen molar-refractivity contribution >= 4 is 28.2 Å². The number of aromatic nitrogens is 2. The molecule has 0 aliphatic heterocycles. The Bertz CT molecular complexity index is 780. The van der Waals surface area contributed by atoms with Gasteiger partial charge in [-0.3, -0.25) is 14.0 Å². The summed E-state index contributed by atoms with van der Waals surface area (Å²) in [7, 11) is 0. The molecule has 22 heavy (non-hydrogen) atoms. The number of nitrogens with one attached hydrogen (secondary N) is 1. The minimum Gasteiger partial charge on any atom is -0.480 e. The maximum Gasteiger partial charge on any atom is 0.326 e. The van der Waals surface area contributed by atoms with Gasteiger partial charge < -0.3 is 10.4 Å². The van der Waals surface area contributed by atoms with Crippen LogP contribution in [0.1, 0.15) is 36.3 Å². The van der Waals surface area contributed by atoms with Crippen LogP contribution in [0.3, 0.4) is 0 Å². The van der Waals surface area contributed by atoms with Crippen molar-refractivity contribution in [2.24, 2.45) is 5.92 Å². The standard InChI is InChI=1S/C14H17N3O4S/c1-4-7(2)10(13(20)21)16-11(18)9-5-15-14-17(12(9)19)8(3)6-22-14/h5-7,10H,4H2,1-3H3,(H,16,18)(H,20,21)/t7-,10-/m0/s1. The Morgan fingerprint density at radius 2 is 2.18 bits per heavy atom. The fourth-order valence-corrected chi connectivity index (χ4v) is 2.91. The number of carboxylic acids is 1. The molecule has 0 fully saturated rings. The molecule has 0 aliphatic rings. The molecule has 0 unspecified atom stereocenters. The SMILES string of the molecule is CC[C@H](C)[C@H](NC(=O)c1cnc2scc(C)n2c1=O)C(=O)O. The van der Waals surface area contributed by atoms with Crippen molar-refractivity contribution in [2.45, 2.75) is 33.2 Å². The van der Waals surface area contributed by atoms with Crippen LogP contribution in [0.5, 0.6) is 0 Å². The number of fused-ring (bicyclic) bond motifs is 1. The fourth-order valence-electron chi connectivity index (χ4n) is 2.08. The van der Waals surface area contributed by atoms with Gasteiger partial charge in [0.1, 0.15) is 11.6 Å². The number of thiazole rings is 1. The summed E-state index contributed by atoms with van der Waals surface area (Å²) in [6, 6.07) is -1.04. The highest BCUT2D eigenvalue weighted by Crippen LogP contribution is 2.12. The second-order valence-corrected chi connectivity index (χ2v) is 5.98. The summed E-state index contributed by atoms with van der Waals surface area (Å²) in [5, 5.41) is 13.4. The topological polar surface area (TPSA) is 101 Å². The van der Waals surface area contributed by atoms with E-state index in [1.54, 1.807) is 19.2 Å². The average molecular weight is 323 g/mol. The molecular weight excluding hydrogens is 306 g/mol. The zero-order valence-corrected chi connectivity index (χ0v) is 13.3. The number of carbonyl (C=O) groups excluding carboxylic acids is 1. The predicted molar refractivity (Wildman–Crippen MR) is 82.4 cm³/mol. The Morgan fingerprint density at radius 3 is 2.77 bits per heavy atom. The maximum absolute atomic E-state index is 12.4. The molecule has 0 spiro atoms. The van der Waals surface area contributed by atoms with Gasteiger partial charge in [-0.05, 0) is 12.8 Å². The maximum atomic E-state index is 12.4. The van der Waals surface area contributed by atoms with Crippen LogP contribution in [0.4, 0.5) is 0 Å². The third kappa shape index (κ3) is 2.87. The van der Waals surface area contributed by atoms with Crippen molar-refractivity contribution in [1.82, 2.24) is 14.7 Å². The molecule has 8 heteroatoms. The number of carboxylic acid groups (broad SMARTS) is 1. The highest BCUT2D eigenvalue weighted by molar-refractivity contribution is 7.15. The van der Waals surface area contributed by atoms with Gasteiger partial charge in [-0.2, -0.15) is 0 Å². The summed E-state index contributed by atoms with van der Waals surface area (Å²) in [5.41, 5.74) is 0.0342. The molecule has 2 rings (SSSR count). The molecule has 0 aliphatic carbocycles. The lowest BCUT2D eigenvalue weighted by Crippen LogP contribution is -2.46. The van der Waals surface area contributed by atoms with Crippen molar-refractivity contribution < 1.29 is 14.7 Å². The van der Waals surface area contributed by atoms with Crippen molar-refractivity contribution in [2.75, 3.05) is 0 Å². The molecule has 0 aromatic carbocycles. The lowest BCUT2D eigenvalue weighted by atomic mass is 9.99. The molecule has 2 atom stereocenters. The number of rotatable bonds is 5. The number of nitrogens with zero attached hydrogens (tertiary/aromatic N) is 2. The highest BCUT2D eigenvalue weighted by Gasteiger charge is 2.27. The highest BCUT2D eigenvalue weighted by atomic mass is 32.1. The molecule has 7 nitrogen and oxygen atoms in total. The summed E-state index contributed by atoms with van der Waals surface area (Å²) >= 11 is 1.30. The average Bonchev–Trinajstić information content (AvgIpc) is 2.86. The van der Waals surface area contributed by atoms with E-state index < -0.39 is 23.5 Å². The van der Waals surface area contributed by atoms with E-state index in [2.05, 4.69) is 10.3 Å². The Balaban J connectivity index is 2.37. The van der Waals surface area contributed by atoms with Gasteiger partial charge in [0.25, 0.3) is 11.5 Å². The Labute approximate surface area is 130 Å². The lowest BCUT2D eigenvalue weighted by Gasteiger charge is -2.19. The van der Waals surface area contributed by atoms with Crippen LogP contribution in [-0.2, 0) is 4.79 Å². The molecule has 2 aromatic rings. The molecule has 0 saturated heterocycles. The zero-order chi connectivity index (χ0) is 16.4. The first-order valence-corrected chi connectivity index (χ1v) is 7.74. The van der Waals surface area contributed by atoms with Crippen LogP contribution < -0.4 is 10.9 Å². The van der Waals surface area contributed by atoms with Crippen molar-refractivity contribution in [3.8, 4) is 0 Å². The van der Waals surface area contributed by atoms with Gasteiger partial charge in [-0.25, -0.2) is 9.78 Å². The largest absolute Gasteiger partial charge is 0.480 e. The summed E-state index contributed by atoms with van der Waals surface area (Å²) in [6.07, 6.45) is 1.79. The third-order valence-corrected chi connectivity index (χ3v) is 4.58. The Hall–Kier alpha value is -2.22. The Kier molecular flexibility index (Phi) is 4.60. The van der Waals surface area contributed by atoms with E-state index in [1.165, 1.54) is 21.9 Å². The molecule has 0 bridgehead atoms. The van der Waals surface area contributed by atoms with E-state index in [4.69, 9.17) is 0 Å². The van der Waals surface area contributed by atoms with Crippen LogP contribution in [0.15, 0.2) is 16.4 Å². The van der Waals surface area contributed by atoms with Gasteiger partial charge >= 0.3 is 5.97 Å². The van der Waals surface area contributed by atoms with Gasteiger partial charge in [0.05, 0.1) is 0 Å². The van der Waals surface area contributed by atoms with E-state index >= 15 is 0 Å². The number of hydrogen-bond donors (Lipinski definition) is 2. The summed E-state index contributed by atoms with van der Waals surface area (Å²) in [5.74, 6) is -2.09. The summed E-state index contributed by atoms with van der Waals surface area (Å²) < 4.78 is 1.35. The van der Waals surface area contributed by atoms with Crippen LogP contribution in [0.25, 0.3) is 4.96 Å². The predicted octanol–water partition coefficient (Wildman–Crippen LogP) is 1.29. The second-order valence-electron chi connectivity index (χ2n) is 5.15. The first-order chi connectivity index (χ1) is 10.4. The normalized spacial score (nSPS) is 13.8. The van der Waals surface area contributed by atoms with Crippen LogP contribution in [0, 0.1) is 12.8 Å². The van der Waals surface area contributed by atoms with E-state index in [0.29, 0.717) is 17.1 Å². The molecule has 2 aromatic heterocycles. The number of aryl methyl sites for hydroxylation is 1. The van der Waals surface area contributed by atoms with E-state index in [-0.39, 0.29) is 11.5 Å². The molecule has 0 saturated carbocycles.